The maximum absolute atomic E-state index is 12.5. The van der Waals surface area contributed by atoms with Crippen LogP contribution in [0.3, 0.4) is 0 Å². The molecular formula is C19H20O3. The van der Waals surface area contributed by atoms with Crippen molar-refractivity contribution in [3.8, 4) is 5.75 Å². The highest BCUT2D eigenvalue weighted by Gasteiger charge is 2.26. The molecular weight excluding hydrogens is 276 g/mol. The van der Waals surface area contributed by atoms with Gasteiger partial charge in [-0.3, -0.25) is 4.79 Å². The molecule has 0 aliphatic rings. The zero-order chi connectivity index (χ0) is 15.8. The number of esters is 1. The van der Waals surface area contributed by atoms with Crippen LogP contribution in [0.15, 0.2) is 67.3 Å². The van der Waals surface area contributed by atoms with Crippen LogP contribution in [0, 0.1) is 0 Å². The minimum absolute atomic E-state index is 0.275. The van der Waals surface area contributed by atoms with Crippen LogP contribution in [0.5, 0.6) is 5.75 Å². The molecule has 2 aromatic carbocycles. The maximum Gasteiger partial charge on any atom is 0.318 e. The fourth-order valence-corrected chi connectivity index (χ4v) is 2.31. The molecule has 0 heterocycles. The number of hydrogen-bond acceptors (Lipinski definition) is 3. The second-order valence-electron chi connectivity index (χ2n) is 4.73. The summed E-state index contributed by atoms with van der Waals surface area (Å²) in [7, 11) is 0. The van der Waals surface area contributed by atoms with E-state index in [9.17, 15) is 4.79 Å². The van der Waals surface area contributed by atoms with Crippen molar-refractivity contribution in [1.82, 2.24) is 0 Å². The third-order valence-corrected chi connectivity index (χ3v) is 3.24. The molecule has 0 aliphatic carbocycles. The molecule has 0 saturated carbocycles. The van der Waals surface area contributed by atoms with Gasteiger partial charge in [0.1, 0.15) is 18.3 Å². The van der Waals surface area contributed by atoms with Crippen LogP contribution in [-0.2, 0) is 9.53 Å². The Bertz CT molecular complexity index is 620. The topological polar surface area (TPSA) is 35.5 Å². The van der Waals surface area contributed by atoms with E-state index >= 15 is 0 Å². The molecule has 2 rings (SSSR count). The molecule has 0 bridgehead atoms. The Hall–Kier alpha value is -2.55. The third-order valence-electron chi connectivity index (χ3n) is 3.24. The zero-order valence-corrected chi connectivity index (χ0v) is 12.7. The van der Waals surface area contributed by atoms with Gasteiger partial charge >= 0.3 is 5.97 Å². The van der Waals surface area contributed by atoms with Crippen LogP contribution in [0.25, 0.3) is 0 Å². The van der Waals surface area contributed by atoms with Crippen molar-refractivity contribution < 1.29 is 14.3 Å². The molecule has 0 saturated heterocycles. The maximum atomic E-state index is 12.5. The highest BCUT2D eigenvalue weighted by Crippen LogP contribution is 2.33. The lowest BCUT2D eigenvalue weighted by Gasteiger charge is -2.19. The van der Waals surface area contributed by atoms with Gasteiger partial charge < -0.3 is 9.47 Å². The molecule has 0 N–H and O–H groups in total. The number of carbonyl (C=O) groups excluding carboxylic acids is 1. The molecule has 0 amide bonds. The van der Waals surface area contributed by atoms with E-state index in [1.807, 2.05) is 54.6 Å². The van der Waals surface area contributed by atoms with Crippen LogP contribution in [0.1, 0.15) is 24.0 Å². The number of benzene rings is 2. The SMILES string of the molecule is C=CCOc1ccccc1C(C(=O)OCC)c1ccccc1. The van der Waals surface area contributed by atoms with Crippen molar-refractivity contribution in [1.29, 1.82) is 0 Å². The summed E-state index contributed by atoms with van der Waals surface area (Å²) in [5.74, 6) is -0.102. The smallest absolute Gasteiger partial charge is 0.318 e. The molecule has 3 nitrogen and oxygen atoms in total. The average Bonchev–Trinajstić information content (AvgIpc) is 2.55. The molecule has 22 heavy (non-hydrogen) atoms. The molecule has 0 spiro atoms. The van der Waals surface area contributed by atoms with Crippen LogP contribution in [-0.4, -0.2) is 19.2 Å². The van der Waals surface area contributed by atoms with Gasteiger partial charge in [-0.2, -0.15) is 0 Å². The van der Waals surface area contributed by atoms with E-state index in [0.717, 1.165) is 11.1 Å². The van der Waals surface area contributed by atoms with Crippen molar-refractivity contribution in [3.05, 3.63) is 78.4 Å². The number of para-hydroxylation sites is 1. The van der Waals surface area contributed by atoms with Gasteiger partial charge in [-0.15, -0.1) is 0 Å². The molecule has 0 radical (unpaired) electrons. The normalized spacial score (nSPS) is 11.5. The van der Waals surface area contributed by atoms with E-state index in [1.165, 1.54) is 0 Å². The van der Waals surface area contributed by atoms with E-state index in [4.69, 9.17) is 9.47 Å². The molecule has 2 aromatic rings. The second-order valence-corrected chi connectivity index (χ2v) is 4.73. The lowest BCUT2D eigenvalue weighted by Crippen LogP contribution is -2.18. The predicted molar refractivity (Wildman–Crippen MR) is 87.1 cm³/mol. The Balaban J connectivity index is 2.45. The summed E-state index contributed by atoms with van der Waals surface area (Å²) in [5.41, 5.74) is 1.68. The summed E-state index contributed by atoms with van der Waals surface area (Å²) in [5, 5.41) is 0. The van der Waals surface area contributed by atoms with Gasteiger partial charge in [-0.1, -0.05) is 61.2 Å². The van der Waals surface area contributed by atoms with E-state index < -0.39 is 5.92 Å². The predicted octanol–water partition coefficient (Wildman–Crippen LogP) is 3.95. The van der Waals surface area contributed by atoms with Gasteiger partial charge in [0.05, 0.1) is 6.61 Å². The van der Waals surface area contributed by atoms with E-state index in [-0.39, 0.29) is 5.97 Å². The minimum Gasteiger partial charge on any atom is -0.489 e. The van der Waals surface area contributed by atoms with E-state index in [0.29, 0.717) is 19.0 Å². The lowest BCUT2D eigenvalue weighted by atomic mass is 9.90. The summed E-state index contributed by atoms with van der Waals surface area (Å²) in [6.45, 7) is 6.20. The zero-order valence-electron chi connectivity index (χ0n) is 12.7. The summed E-state index contributed by atoms with van der Waals surface area (Å²) in [6, 6.07) is 17.1. The summed E-state index contributed by atoms with van der Waals surface area (Å²) in [6.07, 6.45) is 1.68. The fourth-order valence-electron chi connectivity index (χ4n) is 2.31. The van der Waals surface area contributed by atoms with Crippen molar-refractivity contribution in [2.45, 2.75) is 12.8 Å². The first-order valence-corrected chi connectivity index (χ1v) is 7.32. The summed E-state index contributed by atoms with van der Waals surface area (Å²) >= 11 is 0. The first kappa shape index (κ1) is 15.8. The first-order chi connectivity index (χ1) is 10.8. The van der Waals surface area contributed by atoms with Crippen molar-refractivity contribution in [3.63, 3.8) is 0 Å². The quantitative estimate of drug-likeness (QED) is 0.573. The Morgan fingerprint density at radius 2 is 1.82 bits per heavy atom. The molecule has 1 unspecified atom stereocenters. The number of hydrogen-bond donors (Lipinski definition) is 0. The van der Waals surface area contributed by atoms with Crippen LogP contribution in [0.2, 0.25) is 0 Å². The Morgan fingerprint density at radius 3 is 2.50 bits per heavy atom. The molecule has 0 fully saturated rings. The van der Waals surface area contributed by atoms with Crippen molar-refractivity contribution >= 4 is 5.97 Å². The number of rotatable bonds is 7. The van der Waals surface area contributed by atoms with Gasteiger partial charge in [0.15, 0.2) is 0 Å². The molecule has 114 valence electrons. The lowest BCUT2D eigenvalue weighted by molar-refractivity contribution is -0.143. The van der Waals surface area contributed by atoms with Gasteiger partial charge in [-0.25, -0.2) is 0 Å². The van der Waals surface area contributed by atoms with Crippen molar-refractivity contribution in [2.75, 3.05) is 13.2 Å². The molecule has 0 aromatic heterocycles. The Kier molecular flexibility index (Phi) is 5.78. The van der Waals surface area contributed by atoms with Crippen LogP contribution in [0.4, 0.5) is 0 Å². The van der Waals surface area contributed by atoms with Crippen LogP contribution < -0.4 is 4.74 Å². The number of carbonyl (C=O) groups is 1. The van der Waals surface area contributed by atoms with Crippen molar-refractivity contribution in [2.24, 2.45) is 0 Å². The Morgan fingerprint density at radius 1 is 1.14 bits per heavy atom. The Labute approximate surface area is 131 Å². The van der Waals surface area contributed by atoms with Gasteiger partial charge in [0.2, 0.25) is 0 Å². The monoisotopic (exact) mass is 296 g/mol. The van der Waals surface area contributed by atoms with E-state index in [2.05, 4.69) is 6.58 Å². The highest BCUT2D eigenvalue weighted by molar-refractivity contribution is 5.83. The number of ether oxygens (including phenoxy) is 2. The van der Waals surface area contributed by atoms with E-state index in [1.54, 1.807) is 13.0 Å². The third kappa shape index (κ3) is 3.76. The summed E-state index contributed by atoms with van der Waals surface area (Å²) in [4.78, 5) is 12.5. The molecule has 1 atom stereocenters. The second kappa shape index (κ2) is 8.03. The van der Waals surface area contributed by atoms with Gasteiger partial charge in [-0.05, 0) is 18.6 Å². The fraction of sp³-hybridized carbons (Fsp3) is 0.211. The molecule has 3 heteroatoms. The first-order valence-electron chi connectivity index (χ1n) is 7.32. The molecule has 0 aliphatic heterocycles. The highest BCUT2D eigenvalue weighted by atomic mass is 16.5. The van der Waals surface area contributed by atoms with Crippen LogP contribution >= 0.6 is 0 Å². The standard InChI is InChI=1S/C19H20O3/c1-3-14-22-17-13-9-8-12-16(17)18(19(20)21-4-2)15-10-6-5-7-11-15/h3,5-13,18H,1,4,14H2,2H3. The van der Waals surface area contributed by atoms with Gasteiger partial charge in [0.25, 0.3) is 0 Å². The average molecular weight is 296 g/mol. The summed E-state index contributed by atoms with van der Waals surface area (Å²) < 4.78 is 10.9. The van der Waals surface area contributed by atoms with Gasteiger partial charge in [0, 0.05) is 5.56 Å². The largest absolute Gasteiger partial charge is 0.489 e. The minimum atomic E-state index is -0.498.